The van der Waals surface area contributed by atoms with Gasteiger partial charge in [-0.2, -0.15) is 0 Å². The largest absolute Gasteiger partial charge is 0.358 e. The van der Waals surface area contributed by atoms with Crippen molar-refractivity contribution in [3.63, 3.8) is 0 Å². The molecular formula is C13H18BrN3O. The van der Waals surface area contributed by atoms with Gasteiger partial charge in [-0.05, 0) is 37.1 Å². The lowest BCUT2D eigenvalue weighted by Crippen LogP contribution is -2.49. The minimum absolute atomic E-state index is 0.0253. The maximum atomic E-state index is 12.0. The number of nitrogens with zero attached hydrogens (tertiary/aromatic N) is 1. The van der Waals surface area contributed by atoms with Gasteiger partial charge < -0.3 is 16.0 Å². The highest BCUT2D eigenvalue weighted by Crippen LogP contribution is 2.26. The van der Waals surface area contributed by atoms with Crippen LogP contribution < -0.4 is 16.0 Å². The van der Waals surface area contributed by atoms with Gasteiger partial charge in [-0.3, -0.25) is 4.79 Å². The molecule has 3 N–H and O–H groups in total. The van der Waals surface area contributed by atoms with Crippen molar-refractivity contribution in [1.29, 1.82) is 0 Å². The Morgan fingerprint density at radius 2 is 2.33 bits per heavy atom. The number of rotatable bonds is 2. The molecule has 1 aliphatic heterocycles. The number of nitrogens with one attached hydrogen (secondary N) is 1. The van der Waals surface area contributed by atoms with Gasteiger partial charge in [-0.15, -0.1) is 0 Å². The Kier molecular flexibility index (Phi) is 4.24. The third-order valence-corrected chi connectivity index (χ3v) is 3.74. The second-order valence-corrected chi connectivity index (χ2v) is 5.44. The average molecular weight is 312 g/mol. The highest BCUT2D eigenvalue weighted by atomic mass is 79.9. The van der Waals surface area contributed by atoms with Crippen LogP contribution in [0.2, 0.25) is 0 Å². The SMILES string of the molecule is Cc1cc(Br)ccc1N1CCCNC(=O)C1CN. The Bertz CT molecular complexity index is 450. The van der Waals surface area contributed by atoms with E-state index in [1.54, 1.807) is 0 Å². The van der Waals surface area contributed by atoms with Crippen molar-refractivity contribution in [2.45, 2.75) is 19.4 Å². The minimum Gasteiger partial charge on any atom is -0.358 e. The molecule has 1 aromatic carbocycles. The molecular weight excluding hydrogens is 294 g/mol. The maximum absolute atomic E-state index is 12.0. The molecule has 1 heterocycles. The third kappa shape index (κ3) is 2.67. The van der Waals surface area contributed by atoms with E-state index in [4.69, 9.17) is 5.73 Å². The Morgan fingerprint density at radius 1 is 1.56 bits per heavy atom. The van der Waals surface area contributed by atoms with Crippen LogP contribution in [0.15, 0.2) is 22.7 Å². The number of benzene rings is 1. The van der Waals surface area contributed by atoms with E-state index in [9.17, 15) is 4.79 Å². The van der Waals surface area contributed by atoms with E-state index in [0.717, 1.165) is 35.2 Å². The fourth-order valence-electron chi connectivity index (χ4n) is 2.34. The van der Waals surface area contributed by atoms with Crippen LogP contribution in [0.25, 0.3) is 0 Å². The standard InChI is InChI=1S/C13H18BrN3O/c1-9-7-10(14)3-4-11(9)17-6-2-5-16-13(18)12(17)8-15/h3-4,7,12H,2,5-6,8,15H2,1H3,(H,16,18). The molecule has 1 unspecified atom stereocenters. The first-order valence-electron chi connectivity index (χ1n) is 6.14. The average Bonchev–Trinajstić information content (AvgIpc) is 2.51. The maximum Gasteiger partial charge on any atom is 0.244 e. The third-order valence-electron chi connectivity index (χ3n) is 3.25. The van der Waals surface area contributed by atoms with Crippen LogP contribution >= 0.6 is 15.9 Å². The lowest BCUT2D eigenvalue weighted by atomic mass is 10.1. The molecule has 1 fully saturated rings. The number of hydrogen-bond acceptors (Lipinski definition) is 3. The van der Waals surface area contributed by atoms with E-state index in [1.165, 1.54) is 0 Å². The van der Waals surface area contributed by atoms with Crippen molar-refractivity contribution in [3.05, 3.63) is 28.2 Å². The number of hydrogen-bond donors (Lipinski definition) is 2. The van der Waals surface area contributed by atoms with Crippen molar-refractivity contribution < 1.29 is 4.79 Å². The normalized spacial score (nSPS) is 20.5. The Balaban J connectivity index is 2.36. The summed E-state index contributed by atoms with van der Waals surface area (Å²) in [6.45, 7) is 3.96. The summed E-state index contributed by atoms with van der Waals surface area (Å²) in [6.07, 6.45) is 0.942. The summed E-state index contributed by atoms with van der Waals surface area (Å²) in [7, 11) is 0. The van der Waals surface area contributed by atoms with Gasteiger partial charge in [0.1, 0.15) is 6.04 Å². The first-order chi connectivity index (χ1) is 8.63. The monoisotopic (exact) mass is 311 g/mol. The predicted molar refractivity (Wildman–Crippen MR) is 76.7 cm³/mol. The Labute approximate surface area is 116 Å². The zero-order valence-electron chi connectivity index (χ0n) is 10.4. The summed E-state index contributed by atoms with van der Waals surface area (Å²) < 4.78 is 1.05. The Hall–Kier alpha value is -1.07. The van der Waals surface area contributed by atoms with E-state index in [0.29, 0.717) is 6.54 Å². The fourth-order valence-corrected chi connectivity index (χ4v) is 2.82. The van der Waals surface area contributed by atoms with Gasteiger partial charge in [-0.1, -0.05) is 15.9 Å². The van der Waals surface area contributed by atoms with Gasteiger partial charge in [-0.25, -0.2) is 0 Å². The molecule has 1 amide bonds. The molecule has 0 aromatic heterocycles. The van der Waals surface area contributed by atoms with Gasteiger partial charge in [0.25, 0.3) is 0 Å². The van der Waals surface area contributed by atoms with E-state index < -0.39 is 0 Å². The van der Waals surface area contributed by atoms with E-state index in [2.05, 4.69) is 39.1 Å². The fraction of sp³-hybridized carbons (Fsp3) is 0.462. The van der Waals surface area contributed by atoms with Crippen molar-refractivity contribution in [2.75, 3.05) is 24.5 Å². The molecule has 98 valence electrons. The van der Waals surface area contributed by atoms with Crippen LogP contribution in [-0.2, 0) is 4.79 Å². The first-order valence-corrected chi connectivity index (χ1v) is 6.93. The first kappa shape index (κ1) is 13.4. The van der Waals surface area contributed by atoms with E-state index >= 15 is 0 Å². The second kappa shape index (κ2) is 5.71. The van der Waals surface area contributed by atoms with E-state index in [1.807, 2.05) is 12.1 Å². The lowest BCUT2D eigenvalue weighted by Gasteiger charge is -2.31. The van der Waals surface area contributed by atoms with Crippen LogP contribution in [0.5, 0.6) is 0 Å². The van der Waals surface area contributed by atoms with Crippen LogP contribution in [-0.4, -0.2) is 31.6 Å². The van der Waals surface area contributed by atoms with Gasteiger partial charge in [0.15, 0.2) is 0 Å². The number of nitrogens with two attached hydrogens (primary N) is 1. The van der Waals surface area contributed by atoms with Gasteiger partial charge in [0.2, 0.25) is 5.91 Å². The van der Waals surface area contributed by atoms with E-state index in [-0.39, 0.29) is 11.9 Å². The number of carbonyl (C=O) groups excluding carboxylic acids is 1. The van der Waals surface area contributed by atoms with Crippen LogP contribution in [0.3, 0.4) is 0 Å². The number of aryl methyl sites for hydroxylation is 1. The summed E-state index contributed by atoms with van der Waals surface area (Å²) in [4.78, 5) is 14.1. The molecule has 1 aliphatic rings. The van der Waals surface area contributed by atoms with Crippen LogP contribution in [0, 0.1) is 6.92 Å². The molecule has 1 aromatic rings. The quantitative estimate of drug-likeness (QED) is 0.868. The van der Waals surface area contributed by atoms with Crippen LogP contribution in [0.4, 0.5) is 5.69 Å². The molecule has 0 radical (unpaired) electrons. The predicted octanol–water partition coefficient (Wildman–Crippen LogP) is 1.41. The summed E-state index contributed by atoms with van der Waals surface area (Å²) in [5.41, 5.74) is 8.00. The molecule has 2 rings (SSSR count). The molecule has 0 aliphatic carbocycles. The zero-order chi connectivity index (χ0) is 13.1. The molecule has 1 saturated heterocycles. The number of halogens is 1. The number of carbonyl (C=O) groups is 1. The molecule has 0 spiro atoms. The highest BCUT2D eigenvalue weighted by Gasteiger charge is 2.27. The van der Waals surface area contributed by atoms with Crippen molar-refractivity contribution in [2.24, 2.45) is 5.73 Å². The second-order valence-electron chi connectivity index (χ2n) is 4.52. The smallest absolute Gasteiger partial charge is 0.244 e. The van der Waals surface area contributed by atoms with Gasteiger partial charge in [0.05, 0.1) is 0 Å². The molecule has 0 saturated carbocycles. The Morgan fingerprint density at radius 3 is 3.00 bits per heavy atom. The number of amides is 1. The summed E-state index contributed by atoms with van der Waals surface area (Å²) >= 11 is 3.46. The lowest BCUT2D eigenvalue weighted by molar-refractivity contribution is -0.121. The minimum atomic E-state index is -0.271. The summed E-state index contributed by atoms with van der Waals surface area (Å²) in [6, 6.07) is 5.83. The highest BCUT2D eigenvalue weighted by molar-refractivity contribution is 9.10. The van der Waals surface area contributed by atoms with Crippen molar-refractivity contribution in [3.8, 4) is 0 Å². The molecule has 18 heavy (non-hydrogen) atoms. The van der Waals surface area contributed by atoms with Gasteiger partial charge >= 0.3 is 0 Å². The van der Waals surface area contributed by atoms with Crippen molar-refractivity contribution >= 4 is 27.5 Å². The molecule has 4 nitrogen and oxygen atoms in total. The molecule has 5 heteroatoms. The summed E-state index contributed by atoms with van der Waals surface area (Å²) in [5.74, 6) is 0.0253. The molecule has 0 bridgehead atoms. The van der Waals surface area contributed by atoms with Crippen LogP contribution in [0.1, 0.15) is 12.0 Å². The topological polar surface area (TPSA) is 58.4 Å². The zero-order valence-corrected chi connectivity index (χ0v) is 12.0. The van der Waals surface area contributed by atoms with Gasteiger partial charge in [0, 0.05) is 29.8 Å². The van der Waals surface area contributed by atoms with Crippen molar-refractivity contribution in [1.82, 2.24) is 5.32 Å². The molecule has 1 atom stereocenters. The summed E-state index contributed by atoms with van der Waals surface area (Å²) in [5, 5.41) is 2.91. The number of anilines is 1.